The monoisotopic (exact) mass is 364 g/mol. The Kier molecular flexibility index (Phi) is 4.64. The average molecular weight is 364 g/mol. The van der Waals surface area contributed by atoms with Gasteiger partial charge in [0, 0.05) is 11.1 Å². The molecule has 0 saturated carbocycles. The molecule has 0 N–H and O–H groups in total. The van der Waals surface area contributed by atoms with E-state index in [4.69, 9.17) is 4.42 Å². The molecule has 4 rings (SSSR count). The molecule has 1 aromatic heterocycles. The topological polar surface area (TPSA) is 56.0 Å². The number of hydrogen-bond donors (Lipinski definition) is 0. The van der Waals surface area contributed by atoms with Crippen molar-refractivity contribution >= 4 is 17.5 Å². The van der Waals surface area contributed by atoms with E-state index in [1.807, 2.05) is 50.2 Å². The average Bonchev–Trinajstić information content (AvgIpc) is 3.29. The van der Waals surface area contributed by atoms with Crippen LogP contribution in [-0.2, 0) is 12.8 Å². The minimum absolute atomic E-state index is 0.0972. The van der Waals surface area contributed by atoms with Crippen molar-refractivity contribution in [2.45, 2.75) is 43.6 Å². The van der Waals surface area contributed by atoms with E-state index < -0.39 is 0 Å². The van der Waals surface area contributed by atoms with Crippen LogP contribution in [0.2, 0.25) is 0 Å². The molecule has 4 nitrogen and oxygen atoms in total. The van der Waals surface area contributed by atoms with E-state index in [0.29, 0.717) is 11.1 Å². The highest BCUT2D eigenvalue weighted by atomic mass is 32.2. The molecular weight excluding hydrogens is 344 g/mol. The van der Waals surface area contributed by atoms with Gasteiger partial charge < -0.3 is 4.42 Å². The lowest BCUT2D eigenvalue weighted by Crippen LogP contribution is -2.13. The maximum atomic E-state index is 12.8. The first-order valence-corrected chi connectivity index (χ1v) is 9.71. The summed E-state index contributed by atoms with van der Waals surface area (Å²) < 4.78 is 5.74. The van der Waals surface area contributed by atoms with Crippen LogP contribution in [0.15, 0.2) is 52.1 Å². The number of ketones is 1. The van der Waals surface area contributed by atoms with E-state index in [-0.39, 0.29) is 11.0 Å². The fourth-order valence-electron chi connectivity index (χ4n) is 3.32. The van der Waals surface area contributed by atoms with Gasteiger partial charge in [-0.15, -0.1) is 10.2 Å². The molecule has 0 bridgehead atoms. The van der Waals surface area contributed by atoms with Crippen molar-refractivity contribution in [3.63, 3.8) is 0 Å². The Labute approximate surface area is 157 Å². The molecule has 1 heterocycles. The molecule has 1 aliphatic rings. The van der Waals surface area contributed by atoms with E-state index in [2.05, 4.69) is 16.3 Å². The third-order valence-electron chi connectivity index (χ3n) is 4.70. The van der Waals surface area contributed by atoms with Crippen LogP contribution in [0.3, 0.4) is 0 Å². The third-order valence-corrected chi connectivity index (χ3v) is 5.64. The third kappa shape index (κ3) is 3.44. The zero-order valence-corrected chi connectivity index (χ0v) is 15.7. The van der Waals surface area contributed by atoms with Crippen LogP contribution in [-0.4, -0.2) is 21.2 Å². The number of benzene rings is 2. The molecule has 0 radical (unpaired) electrons. The number of nitrogens with zero attached hydrogens (tertiary/aromatic N) is 2. The van der Waals surface area contributed by atoms with E-state index in [1.165, 1.54) is 29.3 Å². The molecule has 0 spiro atoms. The Morgan fingerprint density at radius 1 is 1.12 bits per heavy atom. The SMILES string of the molecule is Cc1cccc(-c2nnc(SC(C)C(=O)c3ccc4c(c3)CCC4)o2)c1. The summed E-state index contributed by atoms with van der Waals surface area (Å²) in [4.78, 5) is 12.8. The summed E-state index contributed by atoms with van der Waals surface area (Å²) in [5.41, 5.74) is 5.48. The lowest BCUT2D eigenvalue weighted by Gasteiger charge is -2.09. The Balaban J connectivity index is 1.48. The maximum Gasteiger partial charge on any atom is 0.277 e. The molecule has 2 aromatic carbocycles. The molecule has 3 aromatic rings. The number of carbonyl (C=O) groups is 1. The summed E-state index contributed by atoms with van der Waals surface area (Å²) >= 11 is 1.31. The van der Waals surface area contributed by atoms with Crippen LogP contribution in [0, 0.1) is 6.92 Å². The van der Waals surface area contributed by atoms with Gasteiger partial charge in [-0.1, -0.05) is 41.6 Å². The van der Waals surface area contributed by atoms with Gasteiger partial charge in [-0.2, -0.15) is 0 Å². The second kappa shape index (κ2) is 7.08. The zero-order chi connectivity index (χ0) is 18.1. The molecule has 1 unspecified atom stereocenters. The van der Waals surface area contributed by atoms with Crippen LogP contribution < -0.4 is 0 Å². The first-order valence-electron chi connectivity index (χ1n) is 8.83. The van der Waals surface area contributed by atoms with Gasteiger partial charge in [0.25, 0.3) is 5.22 Å². The predicted octanol–water partition coefficient (Wildman–Crippen LogP) is 4.90. The largest absolute Gasteiger partial charge is 0.411 e. The van der Waals surface area contributed by atoms with Crippen molar-refractivity contribution in [1.82, 2.24) is 10.2 Å². The van der Waals surface area contributed by atoms with Crippen molar-refractivity contribution in [3.8, 4) is 11.5 Å². The van der Waals surface area contributed by atoms with E-state index >= 15 is 0 Å². The molecule has 0 aliphatic heterocycles. The van der Waals surface area contributed by atoms with Gasteiger partial charge in [0.05, 0.1) is 5.25 Å². The summed E-state index contributed by atoms with van der Waals surface area (Å²) in [7, 11) is 0. The number of rotatable bonds is 5. The Bertz CT molecular complexity index is 964. The number of aromatic nitrogens is 2. The van der Waals surface area contributed by atoms with Crippen molar-refractivity contribution in [1.29, 1.82) is 0 Å². The minimum Gasteiger partial charge on any atom is -0.411 e. The van der Waals surface area contributed by atoms with E-state index in [1.54, 1.807) is 0 Å². The second-order valence-corrected chi connectivity index (χ2v) is 8.00. The molecule has 0 amide bonds. The Hall–Kier alpha value is -2.40. The minimum atomic E-state index is -0.278. The number of hydrogen-bond acceptors (Lipinski definition) is 5. The predicted molar refractivity (Wildman–Crippen MR) is 103 cm³/mol. The van der Waals surface area contributed by atoms with Crippen LogP contribution in [0.4, 0.5) is 0 Å². The molecule has 0 saturated heterocycles. The lowest BCUT2D eigenvalue weighted by atomic mass is 10.0. The normalized spacial score (nSPS) is 14.2. The molecule has 1 atom stereocenters. The summed E-state index contributed by atoms with van der Waals surface area (Å²) in [6.45, 7) is 3.91. The number of aryl methyl sites for hydroxylation is 3. The zero-order valence-electron chi connectivity index (χ0n) is 14.9. The number of Topliss-reactive ketones (excluding diaryl/α,β-unsaturated/α-hetero) is 1. The smallest absolute Gasteiger partial charge is 0.277 e. The number of fused-ring (bicyclic) bond motifs is 1. The molecule has 5 heteroatoms. The van der Waals surface area contributed by atoms with Gasteiger partial charge >= 0.3 is 0 Å². The fraction of sp³-hybridized carbons (Fsp3) is 0.286. The van der Waals surface area contributed by atoms with E-state index in [9.17, 15) is 4.79 Å². The number of carbonyl (C=O) groups excluding carboxylic acids is 1. The van der Waals surface area contributed by atoms with Crippen LogP contribution in [0.25, 0.3) is 11.5 Å². The number of thioether (sulfide) groups is 1. The highest BCUT2D eigenvalue weighted by molar-refractivity contribution is 8.00. The summed E-state index contributed by atoms with van der Waals surface area (Å²) in [6.07, 6.45) is 3.38. The van der Waals surface area contributed by atoms with Gasteiger partial charge in [-0.25, -0.2) is 0 Å². The molecule has 1 aliphatic carbocycles. The quantitative estimate of drug-likeness (QED) is 0.476. The second-order valence-electron chi connectivity index (χ2n) is 6.70. The maximum absolute atomic E-state index is 12.8. The standard InChI is InChI=1S/C21H20N2O2S/c1-13-5-3-8-18(11-13)20-22-23-21(25-20)26-14(2)19(24)17-10-9-15-6-4-7-16(15)12-17/h3,5,8-12,14H,4,6-7H2,1-2H3. The molecule has 26 heavy (non-hydrogen) atoms. The van der Waals surface area contributed by atoms with Gasteiger partial charge in [-0.3, -0.25) is 4.79 Å². The fourth-order valence-corrected chi connectivity index (χ4v) is 4.08. The first-order chi connectivity index (χ1) is 12.6. The van der Waals surface area contributed by atoms with Gasteiger partial charge in [0.2, 0.25) is 5.89 Å². The Morgan fingerprint density at radius 2 is 1.96 bits per heavy atom. The lowest BCUT2D eigenvalue weighted by molar-refractivity contribution is 0.0993. The first kappa shape index (κ1) is 17.0. The van der Waals surface area contributed by atoms with Crippen molar-refractivity contribution < 1.29 is 9.21 Å². The summed E-state index contributed by atoms with van der Waals surface area (Å²) in [5.74, 6) is 0.577. The molecule has 0 fully saturated rings. The summed E-state index contributed by atoms with van der Waals surface area (Å²) in [6, 6.07) is 14.0. The molecular formula is C21H20N2O2S. The molecule has 132 valence electrons. The highest BCUT2D eigenvalue weighted by Crippen LogP contribution is 2.29. The van der Waals surface area contributed by atoms with Crippen LogP contribution >= 0.6 is 11.8 Å². The van der Waals surface area contributed by atoms with Crippen molar-refractivity contribution in [3.05, 3.63) is 64.7 Å². The summed E-state index contributed by atoms with van der Waals surface area (Å²) in [5, 5.41) is 8.34. The van der Waals surface area contributed by atoms with Crippen molar-refractivity contribution in [2.75, 3.05) is 0 Å². The van der Waals surface area contributed by atoms with Gasteiger partial charge in [0.15, 0.2) is 5.78 Å². The highest BCUT2D eigenvalue weighted by Gasteiger charge is 2.22. The van der Waals surface area contributed by atoms with Crippen molar-refractivity contribution in [2.24, 2.45) is 0 Å². The van der Waals surface area contributed by atoms with Crippen LogP contribution in [0.5, 0.6) is 0 Å². The van der Waals surface area contributed by atoms with Gasteiger partial charge in [-0.05, 0) is 62.4 Å². The van der Waals surface area contributed by atoms with Crippen LogP contribution in [0.1, 0.15) is 40.4 Å². The Morgan fingerprint density at radius 3 is 2.81 bits per heavy atom. The van der Waals surface area contributed by atoms with E-state index in [0.717, 1.165) is 29.5 Å². The van der Waals surface area contributed by atoms with Gasteiger partial charge in [0.1, 0.15) is 0 Å².